The molecule has 0 aliphatic rings. The molecule has 0 saturated heterocycles. The van der Waals surface area contributed by atoms with Gasteiger partial charge in [0.25, 0.3) is 0 Å². The Morgan fingerprint density at radius 3 is 1.97 bits per heavy atom. The second-order valence-electron chi connectivity index (χ2n) is 9.05. The van der Waals surface area contributed by atoms with Crippen molar-refractivity contribution in [3.8, 4) is 11.3 Å². The minimum Gasteiger partial charge on any atom is -0.461 e. The summed E-state index contributed by atoms with van der Waals surface area (Å²) in [4.78, 5) is 0. The molecule has 0 spiro atoms. The lowest BCUT2D eigenvalue weighted by atomic mass is 9.93. The number of aliphatic hydroxyl groups is 1. The molecule has 0 saturated carbocycles. The molecule has 2 aromatic carbocycles. The second-order valence-corrected chi connectivity index (χ2v) is 9.05. The summed E-state index contributed by atoms with van der Waals surface area (Å²) in [5.41, 5.74) is 10.6. The van der Waals surface area contributed by atoms with Crippen LogP contribution in [-0.2, 0) is 12.8 Å². The van der Waals surface area contributed by atoms with Crippen LogP contribution in [0.1, 0.15) is 69.2 Å². The second kappa shape index (κ2) is 9.70. The van der Waals surface area contributed by atoms with Crippen molar-refractivity contribution in [1.29, 1.82) is 0 Å². The third kappa shape index (κ3) is 5.19. The van der Waals surface area contributed by atoms with Crippen LogP contribution in [0.2, 0.25) is 0 Å². The predicted octanol–water partition coefficient (Wildman–Crippen LogP) is 7.58. The first-order chi connectivity index (χ1) is 14.7. The van der Waals surface area contributed by atoms with E-state index in [0.717, 1.165) is 47.5 Å². The van der Waals surface area contributed by atoms with E-state index < -0.39 is 6.10 Å². The molecule has 0 aliphatic carbocycles. The quantitative estimate of drug-likeness (QED) is 0.303. The Bertz CT molecular complexity index is 1040. The molecule has 1 heterocycles. The Morgan fingerprint density at radius 1 is 0.871 bits per heavy atom. The number of rotatable bonds is 8. The lowest BCUT2D eigenvalue weighted by Gasteiger charge is -2.16. The Kier molecular flexibility index (Phi) is 7.23. The zero-order valence-corrected chi connectivity index (χ0v) is 19.9. The van der Waals surface area contributed by atoms with Gasteiger partial charge in [-0.3, -0.25) is 0 Å². The van der Waals surface area contributed by atoms with E-state index in [2.05, 4.69) is 78.5 Å². The molecule has 31 heavy (non-hydrogen) atoms. The Morgan fingerprint density at radius 2 is 1.42 bits per heavy atom. The zero-order valence-electron chi connectivity index (χ0n) is 19.9. The molecule has 2 heteroatoms. The molecule has 3 rings (SSSR count). The first-order valence-electron chi connectivity index (χ1n) is 11.3. The number of aliphatic hydroxyl groups excluding tert-OH is 1. The third-order valence-corrected chi connectivity index (χ3v) is 6.08. The van der Waals surface area contributed by atoms with Crippen LogP contribution in [0.3, 0.4) is 0 Å². The molecule has 2 nitrogen and oxygen atoms in total. The van der Waals surface area contributed by atoms with Crippen LogP contribution in [0.4, 0.5) is 0 Å². The normalized spacial score (nSPS) is 12.2. The molecule has 0 bridgehead atoms. The highest BCUT2D eigenvalue weighted by Gasteiger charge is 2.21. The number of hydrogen-bond donors (Lipinski definition) is 1. The van der Waals surface area contributed by atoms with E-state index in [0.29, 0.717) is 6.42 Å². The standard InChI is InChI=1S/C29H36O2/c1-8-9-10-11-24-16-25(17-26(30)27-20(4)12-18(2)13-21(27)5)31-29(24)28-22(6)14-19(3)15-23(28)7/h8,12-16,26,30H,1,9-11,17H2,2-7H3. The zero-order chi connectivity index (χ0) is 22.7. The minimum absolute atomic E-state index is 0.475. The van der Waals surface area contributed by atoms with Gasteiger partial charge in [-0.2, -0.15) is 0 Å². The van der Waals surface area contributed by atoms with Crippen molar-refractivity contribution in [3.05, 3.63) is 93.3 Å². The Hall–Kier alpha value is -2.58. The van der Waals surface area contributed by atoms with Gasteiger partial charge in [0, 0.05) is 12.0 Å². The van der Waals surface area contributed by atoms with Crippen molar-refractivity contribution in [2.24, 2.45) is 0 Å². The average molecular weight is 417 g/mol. The number of aryl methyl sites for hydroxylation is 7. The summed E-state index contributed by atoms with van der Waals surface area (Å²) < 4.78 is 6.44. The van der Waals surface area contributed by atoms with E-state index in [1.807, 2.05) is 6.08 Å². The van der Waals surface area contributed by atoms with Gasteiger partial charge in [-0.05, 0) is 100 Å². The van der Waals surface area contributed by atoms with Crippen LogP contribution in [0, 0.1) is 41.5 Å². The largest absolute Gasteiger partial charge is 0.461 e. The lowest BCUT2D eigenvalue weighted by Crippen LogP contribution is -2.06. The average Bonchev–Trinajstić information content (AvgIpc) is 3.02. The van der Waals surface area contributed by atoms with Gasteiger partial charge in [0.2, 0.25) is 0 Å². The predicted molar refractivity (Wildman–Crippen MR) is 131 cm³/mol. The number of allylic oxidation sites excluding steroid dienone is 1. The fraction of sp³-hybridized carbons (Fsp3) is 0.379. The smallest absolute Gasteiger partial charge is 0.137 e. The summed E-state index contributed by atoms with van der Waals surface area (Å²) in [5, 5.41) is 11.1. The molecule has 0 radical (unpaired) electrons. The summed E-state index contributed by atoms with van der Waals surface area (Å²) in [6, 6.07) is 10.9. The SMILES string of the molecule is C=CCCCc1cc(CC(O)c2c(C)cc(C)cc2C)oc1-c1c(C)cc(C)cc1C. The van der Waals surface area contributed by atoms with E-state index in [4.69, 9.17) is 4.42 Å². The lowest BCUT2D eigenvalue weighted by molar-refractivity contribution is 0.169. The van der Waals surface area contributed by atoms with Crippen LogP contribution in [0.15, 0.2) is 47.4 Å². The van der Waals surface area contributed by atoms with Crippen LogP contribution < -0.4 is 0 Å². The fourth-order valence-electron chi connectivity index (χ4n) is 4.97. The Labute approximate surface area is 187 Å². The van der Waals surface area contributed by atoms with Gasteiger partial charge in [0.1, 0.15) is 11.5 Å². The van der Waals surface area contributed by atoms with Crippen LogP contribution in [0.5, 0.6) is 0 Å². The summed E-state index contributed by atoms with van der Waals surface area (Å²) in [5.74, 6) is 1.80. The van der Waals surface area contributed by atoms with Crippen LogP contribution in [0.25, 0.3) is 11.3 Å². The van der Waals surface area contributed by atoms with Gasteiger partial charge in [-0.15, -0.1) is 6.58 Å². The van der Waals surface area contributed by atoms with E-state index >= 15 is 0 Å². The summed E-state index contributed by atoms with van der Waals surface area (Å²) in [7, 11) is 0. The minimum atomic E-state index is -0.583. The molecule has 1 aromatic heterocycles. The van der Waals surface area contributed by atoms with Gasteiger partial charge in [-0.25, -0.2) is 0 Å². The topological polar surface area (TPSA) is 33.4 Å². The molecule has 1 atom stereocenters. The Balaban J connectivity index is 1.99. The third-order valence-electron chi connectivity index (χ3n) is 6.08. The molecular formula is C29H36O2. The van der Waals surface area contributed by atoms with Gasteiger partial charge < -0.3 is 9.52 Å². The number of hydrogen-bond acceptors (Lipinski definition) is 2. The maximum atomic E-state index is 11.1. The highest BCUT2D eigenvalue weighted by molar-refractivity contribution is 5.70. The van der Waals surface area contributed by atoms with Gasteiger partial charge >= 0.3 is 0 Å². The highest BCUT2D eigenvalue weighted by Crippen LogP contribution is 2.36. The molecule has 1 unspecified atom stereocenters. The van der Waals surface area contributed by atoms with E-state index in [-0.39, 0.29) is 0 Å². The number of unbranched alkanes of at least 4 members (excludes halogenated alkanes) is 1. The van der Waals surface area contributed by atoms with Crippen molar-refractivity contribution < 1.29 is 9.52 Å². The molecule has 164 valence electrons. The summed E-state index contributed by atoms with van der Waals surface area (Å²) >= 11 is 0. The molecule has 1 N–H and O–H groups in total. The first-order valence-corrected chi connectivity index (χ1v) is 11.3. The molecule has 0 fully saturated rings. The molecule has 3 aromatic rings. The number of furan rings is 1. The maximum Gasteiger partial charge on any atom is 0.137 e. The van der Waals surface area contributed by atoms with Crippen molar-refractivity contribution in [2.75, 3.05) is 0 Å². The monoisotopic (exact) mass is 416 g/mol. The van der Waals surface area contributed by atoms with Crippen LogP contribution in [-0.4, -0.2) is 5.11 Å². The van der Waals surface area contributed by atoms with Crippen molar-refractivity contribution >= 4 is 0 Å². The summed E-state index contributed by atoms with van der Waals surface area (Å²) in [6.07, 6.45) is 4.82. The summed E-state index contributed by atoms with van der Waals surface area (Å²) in [6.45, 7) is 16.5. The molecule has 0 amide bonds. The van der Waals surface area contributed by atoms with E-state index in [9.17, 15) is 5.11 Å². The molecular weight excluding hydrogens is 380 g/mol. The highest BCUT2D eigenvalue weighted by atomic mass is 16.3. The van der Waals surface area contributed by atoms with Crippen molar-refractivity contribution in [2.45, 2.75) is 73.3 Å². The van der Waals surface area contributed by atoms with Gasteiger partial charge in [0.15, 0.2) is 0 Å². The maximum absolute atomic E-state index is 11.1. The van der Waals surface area contributed by atoms with Gasteiger partial charge in [0.05, 0.1) is 6.10 Å². The first kappa shape index (κ1) is 23.1. The fourth-order valence-corrected chi connectivity index (χ4v) is 4.97. The van der Waals surface area contributed by atoms with Crippen molar-refractivity contribution in [3.63, 3.8) is 0 Å². The van der Waals surface area contributed by atoms with E-state index in [1.54, 1.807) is 0 Å². The van der Waals surface area contributed by atoms with Crippen molar-refractivity contribution in [1.82, 2.24) is 0 Å². The van der Waals surface area contributed by atoms with Crippen LogP contribution >= 0.6 is 0 Å². The van der Waals surface area contributed by atoms with Gasteiger partial charge in [-0.1, -0.05) is 41.5 Å². The number of benzene rings is 2. The molecule has 0 aliphatic heterocycles. The van der Waals surface area contributed by atoms with E-state index in [1.165, 1.54) is 33.4 Å².